The second kappa shape index (κ2) is 6.47. The molecule has 0 aliphatic carbocycles. The van der Waals surface area contributed by atoms with E-state index in [1.807, 2.05) is 23.9 Å². The van der Waals surface area contributed by atoms with Crippen molar-refractivity contribution >= 4 is 11.8 Å². The van der Waals surface area contributed by atoms with Gasteiger partial charge in [-0.15, -0.1) is 11.8 Å². The lowest BCUT2D eigenvalue weighted by molar-refractivity contribution is 0.414. The molecule has 0 radical (unpaired) electrons. The number of rotatable bonds is 5. The number of benzene rings is 2. The number of ether oxygens (including phenoxy) is 1. The molecule has 2 N–H and O–H groups in total. The van der Waals surface area contributed by atoms with Gasteiger partial charge in [0.05, 0.1) is 7.11 Å². The normalized spacial score (nSPS) is 10.3. The van der Waals surface area contributed by atoms with Gasteiger partial charge in [0.2, 0.25) is 0 Å². The molecular formula is C15H17NOS. The highest BCUT2D eigenvalue weighted by Crippen LogP contribution is 2.24. The molecule has 0 aliphatic rings. The number of methoxy groups -OCH3 is 1. The lowest BCUT2D eigenvalue weighted by Gasteiger charge is -2.05. The van der Waals surface area contributed by atoms with Crippen molar-refractivity contribution < 1.29 is 4.74 Å². The molecule has 2 rings (SSSR count). The van der Waals surface area contributed by atoms with E-state index in [2.05, 4.69) is 36.4 Å². The van der Waals surface area contributed by atoms with Gasteiger partial charge in [0, 0.05) is 17.2 Å². The topological polar surface area (TPSA) is 35.2 Å². The van der Waals surface area contributed by atoms with Crippen LogP contribution in [0.4, 0.5) is 0 Å². The summed E-state index contributed by atoms with van der Waals surface area (Å²) >= 11 is 1.82. The number of thioether (sulfide) groups is 1. The molecule has 0 aliphatic heterocycles. The van der Waals surface area contributed by atoms with Gasteiger partial charge in [0.15, 0.2) is 0 Å². The summed E-state index contributed by atoms with van der Waals surface area (Å²) < 4.78 is 5.21. The zero-order valence-electron chi connectivity index (χ0n) is 10.4. The van der Waals surface area contributed by atoms with Crippen molar-refractivity contribution in [2.45, 2.75) is 17.2 Å². The maximum Gasteiger partial charge on any atom is 0.119 e. The third-order valence-corrected chi connectivity index (χ3v) is 3.78. The highest BCUT2D eigenvalue weighted by Gasteiger charge is 1.98. The minimum absolute atomic E-state index is 0.598. The fourth-order valence-electron chi connectivity index (χ4n) is 1.65. The maximum absolute atomic E-state index is 5.58. The largest absolute Gasteiger partial charge is 0.497 e. The Labute approximate surface area is 112 Å². The highest BCUT2D eigenvalue weighted by atomic mass is 32.2. The van der Waals surface area contributed by atoms with Gasteiger partial charge in [-0.1, -0.05) is 24.3 Å². The van der Waals surface area contributed by atoms with Crippen LogP contribution in [0.3, 0.4) is 0 Å². The molecule has 2 aromatic rings. The predicted octanol–water partition coefficient (Wildman–Crippen LogP) is 3.45. The molecule has 2 nitrogen and oxygen atoms in total. The van der Waals surface area contributed by atoms with Crippen LogP contribution in [0.25, 0.3) is 0 Å². The van der Waals surface area contributed by atoms with E-state index in [1.165, 1.54) is 16.0 Å². The summed E-state index contributed by atoms with van der Waals surface area (Å²) in [7, 11) is 1.69. The van der Waals surface area contributed by atoms with Crippen LogP contribution in [0.1, 0.15) is 11.1 Å². The molecule has 0 aromatic heterocycles. The molecular weight excluding hydrogens is 242 g/mol. The SMILES string of the molecule is COc1cccc(CSc2ccc(CN)cc2)c1. The Morgan fingerprint density at radius 1 is 1.06 bits per heavy atom. The zero-order valence-corrected chi connectivity index (χ0v) is 11.2. The first kappa shape index (κ1) is 13.0. The van der Waals surface area contributed by atoms with Crippen molar-refractivity contribution in [2.24, 2.45) is 5.73 Å². The summed E-state index contributed by atoms with van der Waals surface area (Å²) in [5, 5.41) is 0. The number of hydrogen-bond donors (Lipinski definition) is 1. The van der Waals surface area contributed by atoms with E-state index < -0.39 is 0 Å². The Hall–Kier alpha value is -1.45. The summed E-state index contributed by atoms with van der Waals surface area (Å²) in [6.45, 7) is 0.598. The van der Waals surface area contributed by atoms with Gasteiger partial charge in [-0.3, -0.25) is 0 Å². The fraction of sp³-hybridized carbons (Fsp3) is 0.200. The van der Waals surface area contributed by atoms with Crippen molar-refractivity contribution in [1.29, 1.82) is 0 Å². The van der Waals surface area contributed by atoms with Crippen LogP contribution in [0, 0.1) is 0 Å². The molecule has 0 saturated heterocycles. The van der Waals surface area contributed by atoms with Gasteiger partial charge in [0.25, 0.3) is 0 Å². The van der Waals surface area contributed by atoms with E-state index in [-0.39, 0.29) is 0 Å². The van der Waals surface area contributed by atoms with Crippen LogP contribution in [-0.4, -0.2) is 7.11 Å². The third kappa shape index (κ3) is 3.52. The fourth-order valence-corrected chi connectivity index (χ4v) is 2.49. The quantitative estimate of drug-likeness (QED) is 0.835. The molecule has 0 amide bonds. The van der Waals surface area contributed by atoms with Gasteiger partial charge < -0.3 is 10.5 Å². The highest BCUT2D eigenvalue weighted by molar-refractivity contribution is 7.98. The van der Waals surface area contributed by atoms with Crippen LogP contribution in [0.5, 0.6) is 5.75 Å². The van der Waals surface area contributed by atoms with E-state index in [9.17, 15) is 0 Å². The Morgan fingerprint density at radius 3 is 2.50 bits per heavy atom. The van der Waals surface area contributed by atoms with Crippen LogP contribution in [-0.2, 0) is 12.3 Å². The van der Waals surface area contributed by atoms with Crippen molar-refractivity contribution in [3.8, 4) is 5.75 Å². The van der Waals surface area contributed by atoms with E-state index in [4.69, 9.17) is 10.5 Å². The minimum atomic E-state index is 0.598. The van der Waals surface area contributed by atoms with Crippen molar-refractivity contribution in [3.63, 3.8) is 0 Å². The molecule has 18 heavy (non-hydrogen) atoms. The summed E-state index contributed by atoms with van der Waals surface area (Å²) in [6.07, 6.45) is 0. The monoisotopic (exact) mass is 259 g/mol. The summed E-state index contributed by atoms with van der Waals surface area (Å²) in [5.41, 5.74) is 8.01. The van der Waals surface area contributed by atoms with Crippen LogP contribution >= 0.6 is 11.8 Å². The van der Waals surface area contributed by atoms with Crippen molar-refractivity contribution in [2.75, 3.05) is 7.11 Å². The van der Waals surface area contributed by atoms with Crippen molar-refractivity contribution in [1.82, 2.24) is 0 Å². The van der Waals surface area contributed by atoms with Gasteiger partial charge >= 0.3 is 0 Å². The zero-order chi connectivity index (χ0) is 12.8. The first-order chi connectivity index (χ1) is 8.81. The first-order valence-corrected chi connectivity index (χ1v) is 6.85. The average Bonchev–Trinajstić information content (AvgIpc) is 2.46. The Morgan fingerprint density at radius 2 is 1.83 bits per heavy atom. The van der Waals surface area contributed by atoms with Crippen LogP contribution in [0.2, 0.25) is 0 Å². The molecule has 0 spiro atoms. The average molecular weight is 259 g/mol. The van der Waals surface area contributed by atoms with Gasteiger partial charge in [-0.25, -0.2) is 0 Å². The molecule has 0 atom stereocenters. The molecule has 3 heteroatoms. The molecule has 0 fully saturated rings. The van der Waals surface area contributed by atoms with Gasteiger partial charge in [-0.05, 0) is 35.4 Å². The summed E-state index contributed by atoms with van der Waals surface area (Å²) in [4.78, 5) is 1.26. The van der Waals surface area contributed by atoms with Gasteiger partial charge in [-0.2, -0.15) is 0 Å². The lowest BCUT2D eigenvalue weighted by Crippen LogP contribution is -1.94. The Kier molecular flexibility index (Phi) is 4.67. The van der Waals surface area contributed by atoms with E-state index in [0.29, 0.717) is 6.54 Å². The Bertz CT molecular complexity index is 496. The molecule has 0 saturated carbocycles. The van der Waals surface area contributed by atoms with E-state index in [0.717, 1.165) is 11.5 Å². The van der Waals surface area contributed by atoms with E-state index >= 15 is 0 Å². The third-order valence-electron chi connectivity index (χ3n) is 2.70. The molecule has 0 heterocycles. The smallest absolute Gasteiger partial charge is 0.119 e. The second-order valence-electron chi connectivity index (χ2n) is 3.99. The van der Waals surface area contributed by atoms with E-state index in [1.54, 1.807) is 7.11 Å². The number of nitrogens with two attached hydrogens (primary N) is 1. The summed E-state index contributed by atoms with van der Waals surface area (Å²) in [5.74, 6) is 1.85. The van der Waals surface area contributed by atoms with Crippen LogP contribution < -0.4 is 10.5 Å². The Balaban J connectivity index is 1.97. The molecule has 0 unspecified atom stereocenters. The molecule has 94 valence electrons. The van der Waals surface area contributed by atoms with Gasteiger partial charge in [0.1, 0.15) is 5.75 Å². The van der Waals surface area contributed by atoms with Crippen molar-refractivity contribution in [3.05, 3.63) is 59.7 Å². The summed E-state index contributed by atoms with van der Waals surface area (Å²) in [6, 6.07) is 16.6. The minimum Gasteiger partial charge on any atom is -0.497 e. The predicted molar refractivity (Wildman–Crippen MR) is 76.9 cm³/mol. The molecule has 0 bridgehead atoms. The number of hydrogen-bond acceptors (Lipinski definition) is 3. The standard InChI is InChI=1S/C15H17NOS/c1-17-14-4-2-3-13(9-14)11-18-15-7-5-12(10-16)6-8-15/h2-9H,10-11,16H2,1H3. The molecule has 2 aromatic carbocycles. The van der Waals surface area contributed by atoms with Crippen LogP contribution in [0.15, 0.2) is 53.4 Å². The maximum atomic E-state index is 5.58. The second-order valence-corrected chi connectivity index (χ2v) is 5.04. The first-order valence-electron chi connectivity index (χ1n) is 5.86. The lowest BCUT2D eigenvalue weighted by atomic mass is 10.2.